The number of nitrogens with one attached hydrogen (secondary N) is 2. The van der Waals surface area contributed by atoms with Crippen molar-refractivity contribution in [2.24, 2.45) is 5.73 Å². The molecule has 0 saturated carbocycles. The van der Waals surface area contributed by atoms with E-state index in [1.807, 2.05) is 6.92 Å². The molecule has 106 valence electrons. The second-order valence-corrected chi connectivity index (χ2v) is 4.13. The molecular weight excluding hydrogens is 289 g/mol. The van der Waals surface area contributed by atoms with Crippen LogP contribution in [0.25, 0.3) is 0 Å². The Morgan fingerprint density at radius 2 is 2.05 bits per heavy atom. The normalized spacial score (nSPS) is 9.42. The van der Waals surface area contributed by atoms with Crippen molar-refractivity contribution < 1.29 is 9.59 Å². The molecular formula is C12H17Cl2N3O2. The molecule has 7 heteroatoms. The van der Waals surface area contributed by atoms with Crippen molar-refractivity contribution in [3.8, 4) is 0 Å². The van der Waals surface area contributed by atoms with E-state index in [2.05, 4.69) is 10.6 Å². The Morgan fingerprint density at radius 3 is 2.63 bits per heavy atom. The quantitative estimate of drug-likeness (QED) is 0.775. The van der Waals surface area contributed by atoms with Gasteiger partial charge in [0, 0.05) is 11.6 Å². The van der Waals surface area contributed by atoms with Crippen LogP contribution in [0.2, 0.25) is 5.02 Å². The summed E-state index contributed by atoms with van der Waals surface area (Å²) in [6, 6.07) is 4.69. The molecule has 1 aromatic rings. The van der Waals surface area contributed by atoms with Crippen LogP contribution in [-0.4, -0.2) is 24.9 Å². The standard InChI is InChI=1S/C12H16ClN3O2.ClH/c1-2-5-15-12(18)9-4-3-8(13)6-10(9)16-11(17)7-14;/h3-4,6H,2,5,7,14H2,1H3,(H,15,18)(H,16,17);1H. The number of nitrogens with two attached hydrogens (primary N) is 1. The highest BCUT2D eigenvalue weighted by atomic mass is 35.5. The molecule has 1 rings (SSSR count). The number of carbonyl (C=O) groups excluding carboxylic acids is 2. The van der Waals surface area contributed by atoms with E-state index in [0.29, 0.717) is 22.8 Å². The molecule has 0 aliphatic rings. The van der Waals surface area contributed by atoms with Gasteiger partial charge in [-0.2, -0.15) is 0 Å². The van der Waals surface area contributed by atoms with Crippen LogP contribution in [0.4, 0.5) is 5.69 Å². The fraction of sp³-hybridized carbons (Fsp3) is 0.333. The summed E-state index contributed by atoms with van der Waals surface area (Å²) in [5, 5.41) is 5.72. The lowest BCUT2D eigenvalue weighted by molar-refractivity contribution is -0.114. The first-order valence-corrected chi connectivity index (χ1v) is 6.04. The van der Waals surface area contributed by atoms with Crippen molar-refractivity contribution in [3.63, 3.8) is 0 Å². The topological polar surface area (TPSA) is 84.2 Å². The maximum atomic E-state index is 11.9. The average molecular weight is 306 g/mol. The summed E-state index contributed by atoms with van der Waals surface area (Å²) < 4.78 is 0. The van der Waals surface area contributed by atoms with Crippen LogP contribution < -0.4 is 16.4 Å². The van der Waals surface area contributed by atoms with Gasteiger partial charge >= 0.3 is 0 Å². The van der Waals surface area contributed by atoms with Crippen LogP contribution in [-0.2, 0) is 4.79 Å². The Labute approximate surface area is 123 Å². The summed E-state index contributed by atoms with van der Waals surface area (Å²) in [4.78, 5) is 23.1. The molecule has 0 aliphatic carbocycles. The second kappa shape index (κ2) is 8.74. The number of amides is 2. The third kappa shape index (κ3) is 5.46. The fourth-order valence-electron chi connectivity index (χ4n) is 1.35. The zero-order chi connectivity index (χ0) is 13.5. The van der Waals surface area contributed by atoms with Gasteiger partial charge in [0.1, 0.15) is 0 Å². The summed E-state index contributed by atoms with van der Waals surface area (Å²) in [6.45, 7) is 2.38. The average Bonchev–Trinajstić information content (AvgIpc) is 2.36. The molecule has 0 fully saturated rings. The van der Waals surface area contributed by atoms with E-state index in [4.69, 9.17) is 17.3 Å². The lowest BCUT2D eigenvalue weighted by Gasteiger charge is -2.11. The zero-order valence-corrected chi connectivity index (χ0v) is 12.1. The van der Waals surface area contributed by atoms with Gasteiger partial charge in [0.15, 0.2) is 0 Å². The van der Waals surface area contributed by atoms with Gasteiger partial charge in [0.25, 0.3) is 5.91 Å². The van der Waals surface area contributed by atoms with E-state index in [1.165, 1.54) is 6.07 Å². The molecule has 4 N–H and O–H groups in total. The summed E-state index contributed by atoms with van der Waals surface area (Å²) in [5.74, 6) is -0.623. The largest absolute Gasteiger partial charge is 0.352 e. The molecule has 0 aliphatic heterocycles. The smallest absolute Gasteiger partial charge is 0.253 e. The fourth-order valence-corrected chi connectivity index (χ4v) is 1.52. The second-order valence-electron chi connectivity index (χ2n) is 3.70. The highest BCUT2D eigenvalue weighted by molar-refractivity contribution is 6.31. The van der Waals surface area contributed by atoms with Crippen LogP contribution in [0.3, 0.4) is 0 Å². The van der Waals surface area contributed by atoms with E-state index >= 15 is 0 Å². The number of benzene rings is 1. The minimum absolute atomic E-state index is 0. The van der Waals surface area contributed by atoms with Gasteiger partial charge in [0.05, 0.1) is 17.8 Å². The molecule has 19 heavy (non-hydrogen) atoms. The first-order valence-electron chi connectivity index (χ1n) is 5.66. The van der Waals surface area contributed by atoms with Gasteiger partial charge in [-0.05, 0) is 24.6 Å². The van der Waals surface area contributed by atoms with Crippen molar-refractivity contribution in [1.82, 2.24) is 5.32 Å². The van der Waals surface area contributed by atoms with Crippen LogP contribution >= 0.6 is 24.0 Å². The lowest BCUT2D eigenvalue weighted by atomic mass is 10.1. The van der Waals surface area contributed by atoms with Gasteiger partial charge in [-0.1, -0.05) is 18.5 Å². The van der Waals surface area contributed by atoms with Crippen molar-refractivity contribution in [2.45, 2.75) is 13.3 Å². The summed E-state index contributed by atoms with van der Waals surface area (Å²) in [7, 11) is 0. The zero-order valence-electron chi connectivity index (χ0n) is 10.5. The van der Waals surface area contributed by atoms with E-state index in [-0.39, 0.29) is 30.8 Å². The third-order valence-electron chi connectivity index (χ3n) is 2.22. The molecule has 0 spiro atoms. The van der Waals surface area contributed by atoms with Gasteiger partial charge in [-0.3, -0.25) is 9.59 Å². The van der Waals surface area contributed by atoms with E-state index in [9.17, 15) is 9.59 Å². The van der Waals surface area contributed by atoms with Gasteiger partial charge in [-0.15, -0.1) is 12.4 Å². The predicted octanol–water partition coefficient (Wildman–Crippen LogP) is 1.80. The molecule has 0 unspecified atom stereocenters. The van der Waals surface area contributed by atoms with Crippen molar-refractivity contribution >= 4 is 41.5 Å². The summed E-state index contributed by atoms with van der Waals surface area (Å²) in [6.07, 6.45) is 0.837. The van der Waals surface area contributed by atoms with E-state index < -0.39 is 0 Å². The number of anilines is 1. The Bertz CT molecular complexity index is 453. The molecule has 0 bridgehead atoms. The first kappa shape index (κ1) is 17.7. The van der Waals surface area contributed by atoms with Crippen LogP contribution in [0.15, 0.2) is 18.2 Å². The van der Waals surface area contributed by atoms with Crippen LogP contribution in [0, 0.1) is 0 Å². The summed E-state index contributed by atoms with van der Waals surface area (Å²) >= 11 is 5.84. The van der Waals surface area contributed by atoms with Crippen LogP contribution in [0.5, 0.6) is 0 Å². The van der Waals surface area contributed by atoms with Crippen molar-refractivity contribution in [2.75, 3.05) is 18.4 Å². The molecule has 0 saturated heterocycles. The maximum absolute atomic E-state index is 11.9. The molecule has 0 heterocycles. The molecule has 5 nitrogen and oxygen atoms in total. The Kier molecular flexibility index (Phi) is 8.14. The number of halogens is 2. The summed E-state index contributed by atoms with van der Waals surface area (Å²) in [5.41, 5.74) is 5.96. The number of hydrogen-bond donors (Lipinski definition) is 3. The number of carbonyl (C=O) groups is 2. The molecule has 0 radical (unpaired) electrons. The Balaban J connectivity index is 0.00000324. The monoisotopic (exact) mass is 305 g/mol. The minimum Gasteiger partial charge on any atom is -0.352 e. The Morgan fingerprint density at radius 1 is 1.37 bits per heavy atom. The highest BCUT2D eigenvalue weighted by Crippen LogP contribution is 2.21. The van der Waals surface area contributed by atoms with Gasteiger partial charge < -0.3 is 16.4 Å². The van der Waals surface area contributed by atoms with Crippen LogP contribution in [0.1, 0.15) is 23.7 Å². The molecule has 0 aromatic heterocycles. The van der Waals surface area contributed by atoms with Crippen molar-refractivity contribution in [3.05, 3.63) is 28.8 Å². The predicted molar refractivity (Wildman–Crippen MR) is 79.0 cm³/mol. The number of rotatable bonds is 5. The molecule has 0 atom stereocenters. The molecule has 1 aromatic carbocycles. The van der Waals surface area contributed by atoms with Crippen molar-refractivity contribution in [1.29, 1.82) is 0 Å². The third-order valence-corrected chi connectivity index (χ3v) is 2.46. The molecule has 2 amide bonds. The van der Waals surface area contributed by atoms with Gasteiger partial charge in [-0.25, -0.2) is 0 Å². The lowest BCUT2D eigenvalue weighted by Crippen LogP contribution is -2.27. The van der Waals surface area contributed by atoms with E-state index in [1.54, 1.807) is 12.1 Å². The van der Waals surface area contributed by atoms with Gasteiger partial charge in [0.2, 0.25) is 5.91 Å². The number of hydrogen-bond acceptors (Lipinski definition) is 3. The maximum Gasteiger partial charge on any atom is 0.253 e. The van der Waals surface area contributed by atoms with E-state index in [0.717, 1.165) is 6.42 Å². The Hall–Kier alpha value is -1.30. The minimum atomic E-state index is -0.373. The SMILES string of the molecule is CCCNC(=O)c1ccc(Cl)cc1NC(=O)CN.Cl. The first-order chi connectivity index (χ1) is 8.58. The highest BCUT2D eigenvalue weighted by Gasteiger charge is 2.13.